The van der Waals surface area contributed by atoms with Crippen molar-refractivity contribution < 1.29 is 13.2 Å². The Morgan fingerprint density at radius 3 is 2.71 bits per heavy atom. The van der Waals surface area contributed by atoms with Gasteiger partial charge in [-0.05, 0) is 49.4 Å². The third kappa shape index (κ3) is 3.65. The minimum Gasteiger partial charge on any atom is -0.338 e. The van der Waals surface area contributed by atoms with Crippen LogP contribution in [0.5, 0.6) is 0 Å². The summed E-state index contributed by atoms with van der Waals surface area (Å²) in [6.45, 7) is 2.11. The number of likely N-dealkylation sites (tertiary alicyclic amines) is 1. The van der Waals surface area contributed by atoms with Crippen LogP contribution in [0.15, 0.2) is 41.2 Å². The highest BCUT2D eigenvalue weighted by Gasteiger charge is 2.37. The molecular formula is C22H24ClN3O4S. The molecule has 1 aromatic heterocycles. The summed E-state index contributed by atoms with van der Waals surface area (Å²) in [5.41, 5.74) is 1.81. The lowest BCUT2D eigenvalue weighted by atomic mass is 9.83. The van der Waals surface area contributed by atoms with Gasteiger partial charge >= 0.3 is 0 Å². The summed E-state index contributed by atoms with van der Waals surface area (Å²) >= 11 is 6.33. The van der Waals surface area contributed by atoms with Crippen LogP contribution in [0, 0.1) is 5.92 Å². The van der Waals surface area contributed by atoms with Crippen LogP contribution in [0.25, 0.3) is 0 Å². The van der Waals surface area contributed by atoms with E-state index in [1.807, 2.05) is 15.5 Å². The fraction of sp³-hybridized carbons (Fsp3) is 0.455. The number of nitrogens with zero attached hydrogens (tertiary/aromatic N) is 3. The first kappa shape index (κ1) is 20.6. The molecule has 3 aliphatic rings. The zero-order valence-electron chi connectivity index (χ0n) is 17.0. The molecule has 164 valence electrons. The predicted octanol–water partition coefficient (Wildman–Crippen LogP) is 2.69. The Morgan fingerprint density at radius 1 is 1.06 bits per heavy atom. The fourth-order valence-corrected chi connectivity index (χ4v) is 7.06. The van der Waals surface area contributed by atoms with Gasteiger partial charge in [0.15, 0.2) is 0 Å². The number of carbonyl (C=O) groups excluding carboxylic acids is 1. The number of benzene rings is 1. The maximum Gasteiger partial charge on any atom is 0.253 e. The molecule has 0 saturated carbocycles. The van der Waals surface area contributed by atoms with E-state index >= 15 is 0 Å². The monoisotopic (exact) mass is 461 g/mol. The van der Waals surface area contributed by atoms with Gasteiger partial charge in [-0.3, -0.25) is 13.9 Å². The van der Waals surface area contributed by atoms with Crippen LogP contribution < -0.4 is 9.86 Å². The molecule has 7 nitrogen and oxygen atoms in total. The molecule has 2 aromatic rings. The molecule has 2 bridgehead atoms. The van der Waals surface area contributed by atoms with Crippen LogP contribution in [0.1, 0.15) is 41.2 Å². The average molecular weight is 462 g/mol. The van der Waals surface area contributed by atoms with Gasteiger partial charge in [-0.25, -0.2) is 8.42 Å². The van der Waals surface area contributed by atoms with Crippen molar-refractivity contribution in [1.29, 1.82) is 0 Å². The first-order valence-corrected chi connectivity index (χ1v) is 12.6. The highest BCUT2D eigenvalue weighted by Crippen LogP contribution is 2.36. The third-order valence-corrected chi connectivity index (χ3v) is 8.75. The molecule has 5 rings (SSSR count). The van der Waals surface area contributed by atoms with Crippen molar-refractivity contribution in [2.24, 2.45) is 5.92 Å². The molecule has 9 heteroatoms. The summed E-state index contributed by atoms with van der Waals surface area (Å²) < 4.78 is 28.2. The molecule has 31 heavy (non-hydrogen) atoms. The van der Waals surface area contributed by atoms with E-state index in [0.717, 1.165) is 18.5 Å². The topological polar surface area (TPSA) is 79.7 Å². The molecule has 2 saturated heterocycles. The molecular weight excluding hydrogens is 438 g/mol. The molecule has 0 unspecified atom stereocenters. The van der Waals surface area contributed by atoms with Gasteiger partial charge in [-0.1, -0.05) is 17.7 Å². The minimum atomic E-state index is -3.42. The quantitative estimate of drug-likeness (QED) is 0.688. The van der Waals surface area contributed by atoms with Crippen molar-refractivity contribution in [3.8, 4) is 0 Å². The molecule has 2 fully saturated rings. The number of anilines is 1. The molecule has 0 aliphatic carbocycles. The summed E-state index contributed by atoms with van der Waals surface area (Å²) in [5, 5.41) is 0.325. The molecule has 1 amide bonds. The van der Waals surface area contributed by atoms with Gasteiger partial charge in [-0.2, -0.15) is 0 Å². The third-order valence-electron chi connectivity index (χ3n) is 6.58. The lowest BCUT2D eigenvalue weighted by Gasteiger charge is -2.42. The first-order valence-electron chi connectivity index (χ1n) is 10.6. The Labute approximate surface area is 186 Å². The smallest absolute Gasteiger partial charge is 0.253 e. The van der Waals surface area contributed by atoms with Gasteiger partial charge < -0.3 is 9.47 Å². The number of amides is 1. The lowest BCUT2D eigenvalue weighted by molar-refractivity contribution is 0.0594. The zero-order chi connectivity index (χ0) is 21.8. The van der Waals surface area contributed by atoms with Crippen molar-refractivity contribution >= 4 is 33.2 Å². The van der Waals surface area contributed by atoms with E-state index in [1.165, 1.54) is 4.31 Å². The van der Waals surface area contributed by atoms with E-state index < -0.39 is 10.0 Å². The van der Waals surface area contributed by atoms with Crippen LogP contribution >= 0.6 is 11.6 Å². The van der Waals surface area contributed by atoms with E-state index in [0.29, 0.717) is 48.9 Å². The second kappa shape index (κ2) is 7.67. The molecule has 3 aliphatic heterocycles. The number of halogens is 1. The number of piperidine rings is 1. The van der Waals surface area contributed by atoms with Gasteiger partial charge in [0.1, 0.15) is 0 Å². The molecule has 4 heterocycles. The standard InChI is InChI=1S/C22H24ClN3O4S/c23-18-7-6-16(11-20(18)26-8-1-2-9-31(26,29)30)22(28)24-12-15-10-17(14-24)19-4-3-5-21(27)25(19)13-15/h3-7,11,15,17H,1-2,8-10,12-14H2/t15-,17+/m0/s1. The number of rotatable bonds is 2. The van der Waals surface area contributed by atoms with E-state index in [1.54, 1.807) is 30.3 Å². The second-order valence-electron chi connectivity index (χ2n) is 8.67. The maximum absolute atomic E-state index is 13.4. The van der Waals surface area contributed by atoms with Crippen molar-refractivity contribution in [2.45, 2.75) is 31.7 Å². The summed E-state index contributed by atoms with van der Waals surface area (Å²) in [4.78, 5) is 27.4. The minimum absolute atomic E-state index is 0.0112. The molecule has 2 atom stereocenters. The first-order chi connectivity index (χ1) is 14.8. The summed E-state index contributed by atoms with van der Waals surface area (Å²) in [6, 6.07) is 10.2. The van der Waals surface area contributed by atoms with Crippen molar-refractivity contribution in [1.82, 2.24) is 9.47 Å². The SMILES string of the molecule is O=C(c1ccc(Cl)c(N2CCCCS2(=O)=O)c1)N1C[C@@H]2C[C@H](C1)c1cccc(=O)n1C2. The Bertz CT molecular complexity index is 1210. The summed E-state index contributed by atoms with van der Waals surface area (Å²) in [5.74, 6) is 0.313. The Balaban J connectivity index is 1.43. The number of hydrogen-bond donors (Lipinski definition) is 0. The number of aromatic nitrogens is 1. The average Bonchev–Trinajstić information content (AvgIpc) is 2.74. The highest BCUT2D eigenvalue weighted by molar-refractivity contribution is 7.92. The second-order valence-corrected chi connectivity index (χ2v) is 11.1. The van der Waals surface area contributed by atoms with E-state index in [9.17, 15) is 18.0 Å². The maximum atomic E-state index is 13.4. The van der Waals surface area contributed by atoms with Crippen LogP contribution in [-0.2, 0) is 16.6 Å². The van der Waals surface area contributed by atoms with Gasteiger partial charge in [-0.15, -0.1) is 0 Å². The van der Waals surface area contributed by atoms with E-state index in [-0.39, 0.29) is 29.1 Å². The van der Waals surface area contributed by atoms with Crippen LogP contribution in [0.2, 0.25) is 5.02 Å². The summed E-state index contributed by atoms with van der Waals surface area (Å²) in [6.07, 6.45) is 2.36. The zero-order valence-corrected chi connectivity index (χ0v) is 18.6. The van der Waals surface area contributed by atoms with E-state index in [2.05, 4.69) is 0 Å². The molecule has 0 radical (unpaired) electrons. The van der Waals surface area contributed by atoms with E-state index in [4.69, 9.17) is 11.6 Å². The Hall–Kier alpha value is -2.32. The van der Waals surface area contributed by atoms with Crippen molar-refractivity contribution in [3.63, 3.8) is 0 Å². The van der Waals surface area contributed by atoms with Crippen molar-refractivity contribution in [3.05, 3.63) is 63.0 Å². The van der Waals surface area contributed by atoms with Gasteiger partial charge in [0.05, 0.1) is 16.5 Å². The normalized spacial score (nSPS) is 24.5. The number of fused-ring (bicyclic) bond motifs is 4. The van der Waals surface area contributed by atoms with Gasteiger partial charge in [0.25, 0.3) is 11.5 Å². The predicted molar refractivity (Wildman–Crippen MR) is 119 cm³/mol. The van der Waals surface area contributed by atoms with Gasteiger partial charge in [0, 0.05) is 49.4 Å². The van der Waals surface area contributed by atoms with Gasteiger partial charge in [0.2, 0.25) is 10.0 Å². The van der Waals surface area contributed by atoms with Crippen LogP contribution in [-0.4, -0.2) is 49.2 Å². The summed E-state index contributed by atoms with van der Waals surface area (Å²) in [7, 11) is -3.42. The molecule has 0 N–H and O–H groups in total. The fourth-order valence-electron chi connectivity index (χ4n) is 5.14. The highest BCUT2D eigenvalue weighted by atomic mass is 35.5. The number of hydrogen-bond acceptors (Lipinski definition) is 4. The van der Waals surface area contributed by atoms with Crippen LogP contribution in [0.4, 0.5) is 5.69 Å². The molecule has 0 spiro atoms. The largest absolute Gasteiger partial charge is 0.338 e. The number of carbonyl (C=O) groups is 1. The number of sulfonamides is 1. The Kier molecular flexibility index (Phi) is 5.09. The van der Waals surface area contributed by atoms with Crippen molar-refractivity contribution in [2.75, 3.05) is 29.7 Å². The van der Waals surface area contributed by atoms with Crippen LogP contribution in [0.3, 0.4) is 0 Å². The number of pyridine rings is 1. The molecule has 1 aromatic carbocycles. The Morgan fingerprint density at radius 2 is 1.90 bits per heavy atom. The lowest BCUT2D eigenvalue weighted by Crippen LogP contribution is -2.49.